The van der Waals surface area contributed by atoms with Gasteiger partial charge in [0.25, 0.3) is 5.91 Å². The van der Waals surface area contributed by atoms with Crippen LogP contribution >= 0.6 is 0 Å². The van der Waals surface area contributed by atoms with Gasteiger partial charge in [0.05, 0.1) is 30.5 Å². The Morgan fingerprint density at radius 3 is 2.32 bits per heavy atom. The van der Waals surface area contributed by atoms with E-state index in [0.717, 1.165) is 5.57 Å². The number of carbonyl (C=O) groups is 4. The van der Waals surface area contributed by atoms with E-state index in [1.165, 1.54) is 4.90 Å². The smallest absolute Gasteiger partial charge is 0.329 e. The Hall–Kier alpha value is -2.78. The molecule has 324 valence electrons. The minimum atomic E-state index is -1.18. The highest BCUT2D eigenvalue weighted by Gasteiger charge is 2.41. The zero-order chi connectivity index (χ0) is 42.4. The van der Waals surface area contributed by atoms with Crippen molar-refractivity contribution in [3.63, 3.8) is 0 Å². The number of aldehydes is 1. The molecule has 2 saturated heterocycles. The standard InChI is InChI=1S/C44H71NO12/c1-10-13-32(19-26(2)18-27(3)20-38(54-8)42-39(55-9)22-29(5)43(51)57-42)36(49)24-35(48)30(6)41(28(4)21-31-15-16-34(47)37(23-31)53-7)56-44(52)33-14-11-12-17-45(33)40(50)25-46/h10,19,21,25,27,29-35,37-39,41-43,47-48,51H,1,11-18,20,22-24H2,2-9H3/b26-19+,28-21+/t27-,29+,30+,31-,32-,33-,34+,35-,37+,38-,39-,41+,42+,43-/m0/s1. The van der Waals surface area contributed by atoms with Crippen molar-refractivity contribution in [3.05, 3.63) is 36.0 Å². The summed E-state index contributed by atoms with van der Waals surface area (Å²) in [6.45, 7) is 13.7. The maximum Gasteiger partial charge on any atom is 0.329 e. The highest BCUT2D eigenvalue weighted by Crippen LogP contribution is 2.34. The number of rotatable bonds is 21. The molecular weight excluding hydrogens is 734 g/mol. The highest BCUT2D eigenvalue weighted by molar-refractivity contribution is 6.24. The van der Waals surface area contributed by atoms with Crippen molar-refractivity contribution < 1.29 is 58.2 Å². The average Bonchev–Trinajstić information content (AvgIpc) is 3.19. The van der Waals surface area contributed by atoms with Gasteiger partial charge < -0.3 is 43.9 Å². The number of esters is 1. The van der Waals surface area contributed by atoms with Crippen molar-refractivity contribution in [2.75, 3.05) is 27.9 Å². The molecule has 0 aromatic rings. The second-order valence-electron chi connectivity index (χ2n) is 16.9. The van der Waals surface area contributed by atoms with Gasteiger partial charge in [0.1, 0.15) is 24.0 Å². The summed E-state index contributed by atoms with van der Waals surface area (Å²) < 4.78 is 29.1. The molecule has 3 N–H and O–H groups in total. The van der Waals surface area contributed by atoms with Gasteiger partial charge in [-0.25, -0.2) is 4.79 Å². The molecule has 2 heterocycles. The monoisotopic (exact) mass is 805 g/mol. The van der Waals surface area contributed by atoms with Crippen molar-refractivity contribution >= 4 is 23.9 Å². The molecule has 14 atom stereocenters. The Morgan fingerprint density at radius 2 is 1.68 bits per heavy atom. The van der Waals surface area contributed by atoms with E-state index < -0.39 is 60.5 Å². The lowest BCUT2D eigenvalue weighted by Crippen LogP contribution is -2.51. The van der Waals surface area contributed by atoms with Gasteiger partial charge >= 0.3 is 5.97 Å². The van der Waals surface area contributed by atoms with Crippen molar-refractivity contribution in [1.82, 2.24) is 4.90 Å². The summed E-state index contributed by atoms with van der Waals surface area (Å²) >= 11 is 0. The van der Waals surface area contributed by atoms with Crippen LogP contribution in [0.3, 0.4) is 0 Å². The minimum absolute atomic E-state index is 0.0203. The Kier molecular flexibility index (Phi) is 20.2. The molecule has 0 spiro atoms. The van der Waals surface area contributed by atoms with Crippen LogP contribution in [-0.4, -0.2) is 127 Å². The number of ether oxygens (including phenoxy) is 5. The lowest BCUT2D eigenvalue weighted by molar-refractivity contribution is -0.254. The number of carbonyl (C=O) groups excluding carboxylic acids is 4. The normalized spacial score (nSPS) is 30.7. The van der Waals surface area contributed by atoms with E-state index in [1.807, 2.05) is 32.9 Å². The van der Waals surface area contributed by atoms with Gasteiger partial charge in [0.15, 0.2) is 6.29 Å². The number of methoxy groups -OCH3 is 3. The lowest BCUT2D eigenvalue weighted by atomic mass is 9.81. The number of aliphatic hydroxyl groups excluding tert-OH is 3. The summed E-state index contributed by atoms with van der Waals surface area (Å²) in [5.74, 6) is -2.74. The number of aliphatic hydroxyl groups is 3. The molecule has 0 unspecified atom stereocenters. The molecule has 1 amide bonds. The van der Waals surface area contributed by atoms with Crippen molar-refractivity contribution in [3.8, 4) is 0 Å². The Bertz CT molecular complexity index is 1380. The third-order valence-electron chi connectivity index (χ3n) is 12.3. The first-order valence-corrected chi connectivity index (χ1v) is 20.8. The molecule has 1 aliphatic carbocycles. The van der Waals surface area contributed by atoms with Crippen LogP contribution in [-0.2, 0) is 42.9 Å². The molecule has 13 heteroatoms. The van der Waals surface area contributed by atoms with E-state index in [2.05, 4.69) is 13.5 Å². The predicted molar refractivity (Wildman–Crippen MR) is 215 cm³/mol. The van der Waals surface area contributed by atoms with Crippen LogP contribution in [0.2, 0.25) is 0 Å². The molecular formula is C44H71NO12. The van der Waals surface area contributed by atoms with Gasteiger partial charge in [0.2, 0.25) is 6.29 Å². The SMILES string of the molecule is C=CC[C@@H](/C=C(\C)C[C@H](C)C[C@H](OC)[C@H]1O[C@H](O)[C@H](C)C[C@@H]1OC)C(=O)C[C@H](O)[C@@H](C)[C@H](OC(=O)[C@@H]1CCCCN1C(=O)C=O)/C(C)=C/[C@@H]1CC[C@@H](O)[C@H](OC)C1. The largest absolute Gasteiger partial charge is 0.456 e. The minimum Gasteiger partial charge on any atom is -0.456 e. The number of ketones is 1. The first-order valence-electron chi connectivity index (χ1n) is 20.8. The number of amides is 1. The number of allylic oxidation sites excluding steroid dienone is 4. The van der Waals surface area contributed by atoms with Gasteiger partial charge in [-0.15, -0.1) is 6.58 Å². The number of hydrogen-bond acceptors (Lipinski definition) is 12. The van der Waals surface area contributed by atoms with Crippen LogP contribution in [0.1, 0.15) is 105 Å². The maximum atomic E-state index is 13.9. The average molecular weight is 806 g/mol. The summed E-state index contributed by atoms with van der Waals surface area (Å²) in [7, 11) is 4.83. The fourth-order valence-corrected chi connectivity index (χ4v) is 8.92. The molecule has 0 aromatic carbocycles. The van der Waals surface area contributed by atoms with Crippen LogP contribution in [0.5, 0.6) is 0 Å². The number of hydrogen-bond donors (Lipinski definition) is 3. The van der Waals surface area contributed by atoms with Crippen LogP contribution in [0.25, 0.3) is 0 Å². The van der Waals surface area contributed by atoms with E-state index in [9.17, 15) is 34.5 Å². The summed E-state index contributed by atoms with van der Waals surface area (Å²) in [4.78, 5) is 52.7. The molecule has 1 saturated carbocycles. The summed E-state index contributed by atoms with van der Waals surface area (Å²) in [6, 6.07) is -0.932. The topological polar surface area (TPSA) is 178 Å². The fourth-order valence-electron chi connectivity index (χ4n) is 8.92. The van der Waals surface area contributed by atoms with E-state index in [-0.39, 0.29) is 61.1 Å². The summed E-state index contributed by atoms with van der Waals surface area (Å²) in [5.41, 5.74) is 1.69. The van der Waals surface area contributed by atoms with E-state index in [0.29, 0.717) is 69.8 Å². The van der Waals surface area contributed by atoms with Gasteiger partial charge in [0, 0.05) is 52.0 Å². The Labute approximate surface area is 340 Å². The molecule has 3 rings (SSSR count). The van der Waals surface area contributed by atoms with Crippen molar-refractivity contribution in [1.29, 1.82) is 0 Å². The van der Waals surface area contributed by atoms with Crippen LogP contribution < -0.4 is 0 Å². The predicted octanol–water partition coefficient (Wildman–Crippen LogP) is 4.89. The molecule has 3 aliphatic rings. The van der Waals surface area contributed by atoms with Gasteiger partial charge in [-0.3, -0.25) is 14.4 Å². The molecule has 57 heavy (non-hydrogen) atoms. The maximum absolute atomic E-state index is 13.9. The molecule has 13 nitrogen and oxygen atoms in total. The van der Waals surface area contributed by atoms with Crippen molar-refractivity contribution in [2.24, 2.45) is 29.6 Å². The fraction of sp³-hybridized carbons (Fsp3) is 0.773. The van der Waals surface area contributed by atoms with Crippen LogP contribution in [0, 0.1) is 29.6 Å². The Balaban J connectivity index is 1.77. The Morgan fingerprint density at radius 1 is 0.982 bits per heavy atom. The van der Waals surface area contributed by atoms with Gasteiger partial charge in [-0.05, 0) is 95.5 Å². The number of Topliss-reactive ketones (excluding diaryl/α,β-unsaturated/α-hetero) is 1. The third-order valence-corrected chi connectivity index (χ3v) is 12.3. The third kappa shape index (κ3) is 13.9. The van der Waals surface area contributed by atoms with Crippen molar-refractivity contribution in [2.45, 2.75) is 160 Å². The van der Waals surface area contributed by atoms with Gasteiger partial charge in [-0.2, -0.15) is 0 Å². The number of likely N-dealkylation sites (tertiary alicyclic amines) is 1. The van der Waals surface area contributed by atoms with Gasteiger partial charge in [-0.1, -0.05) is 44.6 Å². The molecule has 0 aromatic heterocycles. The molecule has 0 bridgehead atoms. The molecule has 2 aliphatic heterocycles. The first kappa shape index (κ1) is 48.6. The zero-order valence-electron chi connectivity index (χ0n) is 35.5. The van der Waals surface area contributed by atoms with E-state index >= 15 is 0 Å². The number of piperidine rings is 1. The van der Waals surface area contributed by atoms with Crippen LogP contribution in [0.15, 0.2) is 36.0 Å². The second-order valence-corrected chi connectivity index (χ2v) is 16.9. The molecule has 0 radical (unpaired) electrons. The summed E-state index contributed by atoms with van der Waals surface area (Å²) in [6.07, 6.45) is 6.68. The van der Waals surface area contributed by atoms with E-state index in [1.54, 1.807) is 34.3 Å². The summed E-state index contributed by atoms with van der Waals surface area (Å²) in [5, 5.41) is 32.4. The molecule has 3 fully saturated rings. The quantitative estimate of drug-likeness (QED) is 0.0621. The van der Waals surface area contributed by atoms with E-state index in [4.69, 9.17) is 23.7 Å². The highest BCUT2D eigenvalue weighted by atomic mass is 16.6. The second kappa shape index (κ2) is 23.7. The van der Waals surface area contributed by atoms with Crippen LogP contribution in [0.4, 0.5) is 0 Å². The first-order chi connectivity index (χ1) is 27.1. The zero-order valence-corrected chi connectivity index (χ0v) is 35.5. The number of nitrogens with zero attached hydrogens (tertiary/aromatic N) is 1. The lowest BCUT2D eigenvalue weighted by Gasteiger charge is -2.41.